The van der Waals surface area contributed by atoms with Crippen LogP contribution in [0, 0.1) is 13.8 Å². The van der Waals surface area contributed by atoms with E-state index in [-0.39, 0.29) is 18.2 Å². The third-order valence-electron chi connectivity index (χ3n) is 2.53. The van der Waals surface area contributed by atoms with Crippen LogP contribution >= 0.6 is 11.3 Å². The summed E-state index contributed by atoms with van der Waals surface area (Å²) in [5.74, 6) is -0.180. The second kappa shape index (κ2) is 5.83. The number of hydrogen-bond acceptors (Lipinski definition) is 7. The van der Waals surface area contributed by atoms with Gasteiger partial charge in [-0.1, -0.05) is 5.16 Å². The maximum atomic E-state index is 11.8. The molecule has 0 aliphatic carbocycles. The average molecular weight is 295 g/mol. The molecular weight excluding hydrogens is 282 g/mol. The molecule has 2 aromatic rings. The zero-order valence-corrected chi connectivity index (χ0v) is 12.0. The van der Waals surface area contributed by atoms with Crippen LogP contribution in [0.4, 0.5) is 5.13 Å². The van der Waals surface area contributed by atoms with Gasteiger partial charge in [0.2, 0.25) is 5.91 Å². The molecule has 1 N–H and O–H groups in total. The molecule has 0 aliphatic heterocycles. The zero-order valence-electron chi connectivity index (χ0n) is 11.2. The maximum Gasteiger partial charge on any atom is 0.358 e. The van der Waals surface area contributed by atoms with Crippen molar-refractivity contribution in [3.63, 3.8) is 0 Å². The Morgan fingerprint density at radius 2 is 2.20 bits per heavy atom. The van der Waals surface area contributed by atoms with Gasteiger partial charge in [0.1, 0.15) is 12.4 Å². The number of rotatable bonds is 4. The van der Waals surface area contributed by atoms with Crippen LogP contribution in [0.15, 0.2) is 9.90 Å². The molecule has 0 saturated heterocycles. The number of carbonyl (C=O) groups is 2. The molecule has 0 radical (unpaired) electrons. The highest BCUT2D eigenvalue weighted by molar-refractivity contribution is 7.14. The van der Waals surface area contributed by atoms with Crippen LogP contribution in [0.2, 0.25) is 0 Å². The number of ether oxygens (including phenoxy) is 1. The number of nitrogens with zero attached hydrogens (tertiary/aromatic N) is 2. The van der Waals surface area contributed by atoms with Crippen molar-refractivity contribution in [1.82, 2.24) is 10.1 Å². The number of aryl methyl sites for hydroxylation is 2. The summed E-state index contributed by atoms with van der Waals surface area (Å²) in [6.07, 6.45) is 0. The SMILES string of the molecule is CC(=O)Nc1nc(C(=O)OCc2c(C)noc2C)cs1. The van der Waals surface area contributed by atoms with E-state index in [0.29, 0.717) is 16.6 Å². The van der Waals surface area contributed by atoms with E-state index in [4.69, 9.17) is 9.26 Å². The Morgan fingerprint density at radius 1 is 1.45 bits per heavy atom. The van der Waals surface area contributed by atoms with Crippen molar-refractivity contribution in [2.75, 3.05) is 5.32 Å². The molecule has 0 bridgehead atoms. The number of amides is 1. The van der Waals surface area contributed by atoms with E-state index in [9.17, 15) is 9.59 Å². The van der Waals surface area contributed by atoms with Crippen molar-refractivity contribution in [3.8, 4) is 0 Å². The Balaban J connectivity index is 1.98. The molecular formula is C12H13N3O4S. The lowest BCUT2D eigenvalue weighted by Gasteiger charge is -2.02. The van der Waals surface area contributed by atoms with Crippen molar-refractivity contribution in [3.05, 3.63) is 28.1 Å². The van der Waals surface area contributed by atoms with Gasteiger partial charge >= 0.3 is 5.97 Å². The highest BCUT2D eigenvalue weighted by Crippen LogP contribution is 2.18. The first-order chi connectivity index (χ1) is 9.47. The minimum absolute atomic E-state index is 0.0764. The molecule has 0 unspecified atom stereocenters. The molecule has 0 fully saturated rings. The molecule has 2 rings (SSSR count). The number of hydrogen-bond donors (Lipinski definition) is 1. The summed E-state index contributed by atoms with van der Waals surface area (Å²) in [5, 5.41) is 8.17. The average Bonchev–Trinajstić information content (AvgIpc) is 2.95. The maximum absolute atomic E-state index is 11.8. The summed E-state index contributed by atoms with van der Waals surface area (Å²) < 4.78 is 10.1. The van der Waals surface area contributed by atoms with Crippen molar-refractivity contribution in [2.45, 2.75) is 27.4 Å². The fourth-order valence-corrected chi connectivity index (χ4v) is 2.22. The standard InChI is InChI=1S/C12H13N3O4S/c1-6-9(7(2)19-15-6)4-18-11(17)10-5-20-12(14-10)13-8(3)16/h5H,4H2,1-3H3,(H,13,14,16). The second-order valence-corrected chi connectivity index (χ2v) is 4.96. The van der Waals surface area contributed by atoms with Gasteiger partial charge in [-0.05, 0) is 13.8 Å². The predicted molar refractivity (Wildman–Crippen MR) is 71.5 cm³/mol. The van der Waals surface area contributed by atoms with Gasteiger partial charge in [0, 0.05) is 12.3 Å². The highest BCUT2D eigenvalue weighted by Gasteiger charge is 2.16. The molecule has 0 spiro atoms. The summed E-state index contributed by atoms with van der Waals surface area (Å²) >= 11 is 1.16. The molecule has 0 aromatic carbocycles. The summed E-state index contributed by atoms with van der Waals surface area (Å²) in [6, 6.07) is 0. The van der Waals surface area contributed by atoms with E-state index in [2.05, 4.69) is 15.5 Å². The molecule has 2 aromatic heterocycles. The van der Waals surface area contributed by atoms with Crippen molar-refractivity contribution < 1.29 is 18.8 Å². The fraction of sp³-hybridized carbons (Fsp3) is 0.333. The molecule has 8 heteroatoms. The third kappa shape index (κ3) is 3.21. The normalized spacial score (nSPS) is 10.3. The van der Waals surface area contributed by atoms with Crippen molar-refractivity contribution in [2.24, 2.45) is 0 Å². The summed E-state index contributed by atoms with van der Waals surface area (Å²) in [4.78, 5) is 26.7. The molecule has 0 aliphatic rings. The van der Waals surface area contributed by atoms with Crippen molar-refractivity contribution in [1.29, 1.82) is 0 Å². The van der Waals surface area contributed by atoms with E-state index in [0.717, 1.165) is 16.9 Å². The van der Waals surface area contributed by atoms with E-state index in [1.54, 1.807) is 13.8 Å². The van der Waals surface area contributed by atoms with E-state index in [1.807, 2.05) is 0 Å². The lowest BCUT2D eigenvalue weighted by Crippen LogP contribution is -2.08. The first-order valence-electron chi connectivity index (χ1n) is 5.79. The lowest BCUT2D eigenvalue weighted by atomic mass is 10.2. The van der Waals surface area contributed by atoms with Crippen LogP contribution < -0.4 is 5.32 Å². The molecule has 2 heterocycles. The van der Waals surface area contributed by atoms with Gasteiger partial charge in [0.05, 0.1) is 11.3 Å². The van der Waals surface area contributed by atoms with E-state index >= 15 is 0 Å². The van der Waals surface area contributed by atoms with Crippen molar-refractivity contribution >= 4 is 28.3 Å². The second-order valence-electron chi connectivity index (χ2n) is 4.10. The summed E-state index contributed by atoms with van der Waals surface area (Å²) in [5.41, 5.74) is 1.59. The van der Waals surface area contributed by atoms with Gasteiger partial charge in [-0.15, -0.1) is 11.3 Å². The topological polar surface area (TPSA) is 94.3 Å². The first kappa shape index (κ1) is 14.2. The van der Waals surface area contributed by atoms with Crippen LogP contribution in [0.3, 0.4) is 0 Å². The number of thiazole rings is 1. The van der Waals surface area contributed by atoms with Gasteiger partial charge in [-0.3, -0.25) is 4.79 Å². The number of aromatic nitrogens is 2. The van der Waals surface area contributed by atoms with E-state index < -0.39 is 5.97 Å². The highest BCUT2D eigenvalue weighted by atomic mass is 32.1. The number of esters is 1. The molecule has 0 atom stereocenters. The minimum Gasteiger partial charge on any atom is -0.456 e. The molecule has 7 nitrogen and oxygen atoms in total. The van der Waals surface area contributed by atoms with Crippen LogP contribution in [-0.4, -0.2) is 22.0 Å². The van der Waals surface area contributed by atoms with Crippen LogP contribution in [0.25, 0.3) is 0 Å². The minimum atomic E-state index is -0.558. The first-order valence-corrected chi connectivity index (χ1v) is 6.67. The smallest absolute Gasteiger partial charge is 0.358 e. The Kier molecular flexibility index (Phi) is 4.14. The quantitative estimate of drug-likeness (QED) is 0.868. The van der Waals surface area contributed by atoms with Gasteiger partial charge in [0.25, 0.3) is 0 Å². The van der Waals surface area contributed by atoms with E-state index in [1.165, 1.54) is 12.3 Å². The number of carbonyl (C=O) groups excluding carboxylic acids is 2. The van der Waals surface area contributed by atoms with Crippen LogP contribution in [0.1, 0.15) is 34.4 Å². The summed E-state index contributed by atoms with van der Waals surface area (Å²) in [6.45, 7) is 4.97. The number of nitrogens with one attached hydrogen (secondary N) is 1. The van der Waals surface area contributed by atoms with Gasteiger partial charge in [-0.2, -0.15) is 0 Å². The fourth-order valence-electron chi connectivity index (χ4n) is 1.50. The largest absolute Gasteiger partial charge is 0.456 e. The predicted octanol–water partition coefficient (Wildman–Crippen LogP) is 2.06. The zero-order chi connectivity index (χ0) is 14.7. The Bertz CT molecular complexity index is 627. The van der Waals surface area contributed by atoms with Crippen LogP contribution in [0.5, 0.6) is 0 Å². The third-order valence-corrected chi connectivity index (χ3v) is 3.28. The molecule has 106 valence electrons. The summed E-state index contributed by atoms with van der Waals surface area (Å²) in [7, 11) is 0. The van der Waals surface area contributed by atoms with Gasteiger partial charge < -0.3 is 14.6 Å². The van der Waals surface area contributed by atoms with Crippen LogP contribution in [-0.2, 0) is 16.1 Å². The Labute approximate surface area is 118 Å². The molecule has 20 heavy (non-hydrogen) atoms. The molecule has 1 amide bonds. The number of anilines is 1. The van der Waals surface area contributed by atoms with Gasteiger partial charge in [0.15, 0.2) is 10.8 Å². The van der Waals surface area contributed by atoms with Gasteiger partial charge in [-0.25, -0.2) is 9.78 Å². The monoisotopic (exact) mass is 295 g/mol. The molecule has 0 saturated carbocycles. The Hall–Kier alpha value is -2.22. The Morgan fingerprint density at radius 3 is 2.80 bits per heavy atom. The lowest BCUT2D eigenvalue weighted by molar-refractivity contribution is -0.114.